The van der Waals surface area contributed by atoms with Crippen molar-refractivity contribution in [3.63, 3.8) is 0 Å². The van der Waals surface area contributed by atoms with Gasteiger partial charge in [0, 0.05) is 29.1 Å². The maximum Gasteiger partial charge on any atom is 0.168 e. The van der Waals surface area contributed by atoms with Crippen LogP contribution in [0.15, 0.2) is 22.7 Å². The molecule has 0 amide bonds. The second kappa shape index (κ2) is 5.43. The third-order valence-corrected chi connectivity index (χ3v) is 4.00. The van der Waals surface area contributed by atoms with Gasteiger partial charge in [-0.1, -0.05) is 27.5 Å². The van der Waals surface area contributed by atoms with Gasteiger partial charge in [-0.25, -0.2) is 4.39 Å². The molecule has 0 saturated heterocycles. The summed E-state index contributed by atoms with van der Waals surface area (Å²) in [6.07, 6.45) is 0.0978. The lowest BCUT2D eigenvalue weighted by atomic mass is 10.0. The summed E-state index contributed by atoms with van der Waals surface area (Å²) in [5.74, 6) is -0.648. The van der Waals surface area contributed by atoms with Gasteiger partial charge in [0.15, 0.2) is 5.78 Å². The minimum Gasteiger partial charge on any atom is -0.294 e. The highest BCUT2D eigenvalue weighted by atomic mass is 79.9. The molecular weight excluding hydrogens is 335 g/mol. The lowest BCUT2D eigenvalue weighted by Gasteiger charge is -2.04. The number of ketones is 1. The van der Waals surface area contributed by atoms with Gasteiger partial charge in [0.05, 0.1) is 5.69 Å². The van der Waals surface area contributed by atoms with Crippen molar-refractivity contribution in [3.05, 3.63) is 50.5 Å². The van der Waals surface area contributed by atoms with Crippen molar-refractivity contribution in [1.82, 2.24) is 9.78 Å². The highest BCUT2D eigenvalue weighted by Gasteiger charge is 2.18. The van der Waals surface area contributed by atoms with Crippen molar-refractivity contribution in [3.8, 4) is 0 Å². The lowest BCUT2D eigenvalue weighted by molar-refractivity contribution is 0.0991. The first-order chi connectivity index (χ1) is 8.90. The zero-order valence-electron chi connectivity index (χ0n) is 10.4. The molecule has 0 spiro atoms. The first-order valence-corrected chi connectivity index (χ1v) is 6.73. The Labute approximate surface area is 123 Å². The van der Waals surface area contributed by atoms with Gasteiger partial charge in [0.25, 0.3) is 0 Å². The average molecular weight is 346 g/mol. The van der Waals surface area contributed by atoms with E-state index < -0.39 is 5.82 Å². The number of aryl methyl sites for hydroxylation is 2. The molecule has 0 aliphatic rings. The van der Waals surface area contributed by atoms with E-state index in [-0.39, 0.29) is 12.2 Å². The number of hydrogen-bond donors (Lipinski definition) is 0. The molecule has 1 aromatic carbocycles. The Kier molecular flexibility index (Phi) is 4.06. The molecule has 3 nitrogen and oxygen atoms in total. The Morgan fingerprint density at radius 2 is 2.21 bits per heavy atom. The molecule has 19 heavy (non-hydrogen) atoms. The maximum atomic E-state index is 13.2. The minimum absolute atomic E-state index is 0.0978. The summed E-state index contributed by atoms with van der Waals surface area (Å²) in [6, 6.07) is 4.02. The molecule has 0 aliphatic heterocycles. The quantitative estimate of drug-likeness (QED) is 0.795. The molecular formula is C13H11BrClFN2O. The zero-order valence-corrected chi connectivity index (χ0v) is 12.7. The summed E-state index contributed by atoms with van der Waals surface area (Å²) >= 11 is 9.32. The Hall–Kier alpha value is -1.20. The second-order valence-corrected chi connectivity index (χ2v) is 5.41. The van der Waals surface area contributed by atoms with E-state index in [1.807, 2.05) is 0 Å². The van der Waals surface area contributed by atoms with Crippen LogP contribution in [0, 0.1) is 12.7 Å². The van der Waals surface area contributed by atoms with E-state index in [1.54, 1.807) is 14.0 Å². The Balaban J connectivity index is 2.33. The third-order valence-electron chi connectivity index (χ3n) is 2.84. The molecule has 0 aliphatic carbocycles. The SMILES string of the molecule is Cc1nn(C)c(Cl)c1CC(=O)c1cc(F)ccc1Br. The molecule has 0 atom stereocenters. The Morgan fingerprint density at radius 3 is 2.79 bits per heavy atom. The van der Waals surface area contributed by atoms with E-state index in [1.165, 1.54) is 22.9 Å². The summed E-state index contributed by atoms with van der Waals surface area (Å²) < 4.78 is 15.3. The van der Waals surface area contributed by atoms with Gasteiger partial charge < -0.3 is 0 Å². The van der Waals surface area contributed by atoms with Gasteiger partial charge in [0.2, 0.25) is 0 Å². The normalized spacial score (nSPS) is 10.8. The largest absolute Gasteiger partial charge is 0.294 e. The van der Waals surface area contributed by atoms with E-state index >= 15 is 0 Å². The summed E-state index contributed by atoms with van der Waals surface area (Å²) in [5, 5.41) is 4.57. The van der Waals surface area contributed by atoms with Crippen LogP contribution < -0.4 is 0 Å². The first kappa shape index (κ1) is 14.2. The standard InChI is InChI=1S/C13H11BrClFN2O/c1-7-9(13(15)18(2)17-7)6-12(19)10-5-8(16)3-4-11(10)14/h3-5H,6H2,1-2H3. The molecule has 2 aromatic rings. The predicted octanol–water partition coefficient (Wildman–Crippen LogP) is 3.71. The number of hydrogen-bond acceptors (Lipinski definition) is 2. The van der Waals surface area contributed by atoms with Crippen molar-refractivity contribution in [2.24, 2.45) is 7.05 Å². The summed E-state index contributed by atoms with van der Waals surface area (Å²) in [6.45, 7) is 1.79. The van der Waals surface area contributed by atoms with Crippen molar-refractivity contribution in [2.75, 3.05) is 0 Å². The van der Waals surface area contributed by atoms with Crippen LogP contribution in [0.4, 0.5) is 4.39 Å². The first-order valence-electron chi connectivity index (χ1n) is 5.56. The molecule has 0 unspecified atom stereocenters. The van der Waals surface area contributed by atoms with Gasteiger partial charge in [-0.05, 0) is 25.1 Å². The molecule has 1 heterocycles. The average Bonchev–Trinajstić information content (AvgIpc) is 2.59. The van der Waals surface area contributed by atoms with Crippen LogP contribution >= 0.6 is 27.5 Å². The molecule has 100 valence electrons. The third kappa shape index (κ3) is 2.87. The molecule has 2 rings (SSSR count). The fourth-order valence-corrected chi connectivity index (χ4v) is 2.55. The highest BCUT2D eigenvalue weighted by Crippen LogP contribution is 2.24. The Bertz CT molecular complexity index is 654. The number of benzene rings is 1. The number of halogens is 3. The van der Waals surface area contributed by atoms with Crippen molar-refractivity contribution in [2.45, 2.75) is 13.3 Å². The number of aromatic nitrogens is 2. The number of rotatable bonds is 3. The predicted molar refractivity (Wildman–Crippen MR) is 75.1 cm³/mol. The molecule has 0 saturated carbocycles. The van der Waals surface area contributed by atoms with Gasteiger partial charge in [-0.3, -0.25) is 9.48 Å². The molecule has 0 radical (unpaired) electrons. The van der Waals surface area contributed by atoms with Crippen LogP contribution in [0.5, 0.6) is 0 Å². The van der Waals surface area contributed by atoms with Crippen LogP contribution in [-0.2, 0) is 13.5 Å². The summed E-state index contributed by atoms with van der Waals surface area (Å²) in [5.41, 5.74) is 1.68. The van der Waals surface area contributed by atoms with E-state index in [0.29, 0.717) is 26.4 Å². The van der Waals surface area contributed by atoms with Gasteiger partial charge >= 0.3 is 0 Å². The van der Waals surface area contributed by atoms with E-state index in [4.69, 9.17) is 11.6 Å². The second-order valence-electron chi connectivity index (χ2n) is 4.20. The minimum atomic E-state index is -0.444. The fourth-order valence-electron chi connectivity index (χ4n) is 1.84. The zero-order chi connectivity index (χ0) is 14.2. The molecule has 0 bridgehead atoms. The number of carbonyl (C=O) groups is 1. The van der Waals surface area contributed by atoms with E-state index in [9.17, 15) is 9.18 Å². The fraction of sp³-hybridized carbons (Fsp3) is 0.231. The number of carbonyl (C=O) groups excluding carboxylic acids is 1. The van der Waals surface area contributed by atoms with Crippen molar-refractivity contribution >= 4 is 33.3 Å². The van der Waals surface area contributed by atoms with Crippen LogP contribution in [0.3, 0.4) is 0 Å². The maximum absolute atomic E-state index is 13.2. The van der Waals surface area contributed by atoms with Gasteiger partial charge in [0.1, 0.15) is 11.0 Å². The van der Waals surface area contributed by atoms with Gasteiger partial charge in [-0.2, -0.15) is 5.10 Å². The Morgan fingerprint density at radius 1 is 1.53 bits per heavy atom. The monoisotopic (exact) mass is 344 g/mol. The van der Waals surface area contributed by atoms with Crippen LogP contribution in [-0.4, -0.2) is 15.6 Å². The van der Waals surface area contributed by atoms with Crippen molar-refractivity contribution < 1.29 is 9.18 Å². The number of nitrogens with zero attached hydrogens (tertiary/aromatic N) is 2. The van der Waals surface area contributed by atoms with E-state index in [0.717, 1.165) is 0 Å². The van der Waals surface area contributed by atoms with Crippen LogP contribution in [0.2, 0.25) is 5.15 Å². The van der Waals surface area contributed by atoms with Crippen LogP contribution in [0.1, 0.15) is 21.6 Å². The van der Waals surface area contributed by atoms with Crippen molar-refractivity contribution in [1.29, 1.82) is 0 Å². The summed E-state index contributed by atoms with van der Waals surface area (Å²) in [4.78, 5) is 12.2. The molecule has 1 aromatic heterocycles. The highest BCUT2D eigenvalue weighted by molar-refractivity contribution is 9.10. The molecule has 6 heteroatoms. The number of Topliss-reactive ketones (excluding diaryl/α,β-unsaturated/α-hetero) is 1. The topological polar surface area (TPSA) is 34.9 Å². The van der Waals surface area contributed by atoms with Gasteiger partial charge in [-0.15, -0.1) is 0 Å². The lowest BCUT2D eigenvalue weighted by Crippen LogP contribution is -2.06. The molecule has 0 N–H and O–H groups in total. The summed E-state index contributed by atoms with van der Waals surface area (Å²) in [7, 11) is 1.71. The smallest absolute Gasteiger partial charge is 0.168 e. The molecule has 0 fully saturated rings. The van der Waals surface area contributed by atoms with Crippen LogP contribution in [0.25, 0.3) is 0 Å². The van der Waals surface area contributed by atoms with E-state index in [2.05, 4.69) is 21.0 Å².